The summed E-state index contributed by atoms with van der Waals surface area (Å²) in [4.78, 5) is 0. The van der Waals surface area contributed by atoms with Crippen molar-refractivity contribution in [3.63, 3.8) is 0 Å². The number of halogens is 3. The van der Waals surface area contributed by atoms with Gasteiger partial charge >= 0.3 is 0 Å². The molecule has 5 heteroatoms. The largest absolute Gasteiger partial charge is 0.382 e. The van der Waals surface area contributed by atoms with Crippen molar-refractivity contribution >= 4 is 28.9 Å². The molecule has 1 aromatic carbocycles. The van der Waals surface area contributed by atoms with Gasteiger partial charge in [-0.15, -0.1) is 0 Å². The van der Waals surface area contributed by atoms with Gasteiger partial charge in [-0.05, 0) is 30.9 Å². The third kappa shape index (κ3) is 3.47. The van der Waals surface area contributed by atoms with Gasteiger partial charge < -0.3 is 10.1 Å². The van der Waals surface area contributed by atoms with Gasteiger partial charge in [0.15, 0.2) is 0 Å². The average molecular weight is 278 g/mol. The molecule has 2 rings (SSSR count). The van der Waals surface area contributed by atoms with Crippen molar-refractivity contribution in [2.75, 3.05) is 25.1 Å². The van der Waals surface area contributed by atoms with Gasteiger partial charge in [-0.25, -0.2) is 4.39 Å². The Morgan fingerprint density at radius 2 is 2.06 bits per heavy atom. The molecule has 1 aliphatic rings. The lowest BCUT2D eigenvalue weighted by Crippen LogP contribution is -2.24. The molecule has 0 aromatic heterocycles. The maximum atomic E-state index is 13.0. The number of rotatable bonds is 3. The third-order valence-corrected chi connectivity index (χ3v) is 3.43. The number of anilines is 1. The maximum Gasteiger partial charge on any atom is 0.126 e. The monoisotopic (exact) mass is 277 g/mol. The van der Waals surface area contributed by atoms with Crippen molar-refractivity contribution in [1.82, 2.24) is 0 Å². The quantitative estimate of drug-likeness (QED) is 0.903. The van der Waals surface area contributed by atoms with E-state index in [9.17, 15) is 4.39 Å². The van der Waals surface area contributed by atoms with Gasteiger partial charge in [0, 0.05) is 13.2 Å². The first-order chi connectivity index (χ1) is 8.16. The van der Waals surface area contributed by atoms with E-state index in [1.165, 1.54) is 12.1 Å². The van der Waals surface area contributed by atoms with E-state index in [-0.39, 0.29) is 0 Å². The Bertz CT molecular complexity index is 371. The lowest BCUT2D eigenvalue weighted by Gasteiger charge is -2.23. The average Bonchev–Trinajstić information content (AvgIpc) is 2.29. The molecule has 1 fully saturated rings. The Balaban J connectivity index is 1.98. The first-order valence-corrected chi connectivity index (χ1v) is 6.38. The Morgan fingerprint density at radius 1 is 1.35 bits per heavy atom. The van der Waals surface area contributed by atoms with Crippen LogP contribution in [0.2, 0.25) is 10.0 Å². The summed E-state index contributed by atoms with van der Waals surface area (Å²) in [6, 6.07) is 2.51. The zero-order valence-corrected chi connectivity index (χ0v) is 10.8. The van der Waals surface area contributed by atoms with E-state index >= 15 is 0 Å². The van der Waals surface area contributed by atoms with Gasteiger partial charge in [-0.2, -0.15) is 0 Å². The molecule has 1 atom stereocenters. The van der Waals surface area contributed by atoms with Gasteiger partial charge in [0.05, 0.1) is 22.3 Å². The molecule has 0 aliphatic carbocycles. The maximum absolute atomic E-state index is 13.0. The highest BCUT2D eigenvalue weighted by atomic mass is 35.5. The predicted molar refractivity (Wildman–Crippen MR) is 68.5 cm³/mol. The summed E-state index contributed by atoms with van der Waals surface area (Å²) in [7, 11) is 0. The molecule has 1 N–H and O–H groups in total. The minimum absolute atomic E-state index is 0.312. The van der Waals surface area contributed by atoms with Gasteiger partial charge in [-0.1, -0.05) is 23.2 Å². The van der Waals surface area contributed by atoms with Crippen LogP contribution in [0.25, 0.3) is 0 Å². The van der Waals surface area contributed by atoms with Crippen molar-refractivity contribution in [1.29, 1.82) is 0 Å². The summed E-state index contributed by atoms with van der Waals surface area (Å²) in [6.07, 6.45) is 2.21. The molecule has 1 unspecified atom stereocenters. The van der Waals surface area contributed by atoms with Crippen molar-refractivity contribution < 1.29 is 9.13 Å². The van der Waals surface area contributed by atoms with Crippen molar-refractivity contribution in [3.05, 3.63) is 28.0 Å². The van der Waals surface area contributed by atoms with Gasteiger partial charge in [0.2, 0.25) is 0 Å². The van der Waals surface area contributed by atoms with E-state index in [0.717, 1.165) is 32.6 Å². The molecule has 1 aromatic rings. The highest BCUT2D eigenvalue weighted by Gasteiger charge is 2.15. The summed E-state index contributed by atoms with van der Waals surface area (Å²) in [5.41, 5.74) is 0.598. The molecule has 2 nitrogen and oxygen atoms in total. The molecule has 94 valence electrons. The van der Waals surface area contributed by atoms with E-state index in [4.69, 9.17) is 27.9 Å². The Labute approximate surface area is 110 Å². The molecule has 0 spiro atoms. The van der Waals surface area contributed by atoms with Crippen LogP contribution >= 0.6 is 23.2 Å². The zero-order valence-electron chi connectivity index (χ0n) is 9.31. The topological polar surface area (TPSA) is 21.3 Å². The van der Waals surface area contributed by atoms with Crippen LogP contribution in [0.15, 0.2) is 12.1 Å². The Morgan fingerprint density at radius 3 is 2.65 bits per heavy atom. The van der Waals surface area contributed by atoms with Crippen LogP contribution in [-0.4, -0.2) is 19.8 Å². The number of nitrogens with one attached hydrogen (secondary N) is 1. The second kappa shape index (κ2) is 5.89. The molecule has 0 saturated carbocycles. The van der Waals surface area contributed by atoms with Crippen LogP contribution in [0.5, 0.6) is 0 Å². The second-order valence-electron chi connectivity index (χ2n) is 4.21. The van der Waals surface area contributed by atoms with Crippen molar-refractivity contribution in [2.24, 2.45) is 5.92 Å². The molecule has 0 bridgehead atoms. The van der Waals surface area contributed by atoms with Crippen LogP contribution in [0.3, 0.4) is 0 Å². The normalized spacial score (nSPS) is 20.3. The summed E-state index contributed by atoms with van der Waals surface area (Å²) in [6.45, 7) is 2.34. The smallest absolute Gasteiger partial charge is 0.126 e. The first kappa shape index (κ1) is 12.9. The molecule has 1 aliphatic heterocycles. The number of hydrogen-bond acceptors (Lipinski definition) is 2. The lowest BCUT2D eigenvalue weighted by molar-refractivity contribution is 0.0595. The second-order valence-corrected chi connectivity index (χ2v) is 5.02. The number of ether oxygens (including phenoxy) is 1. The van der Waals surface area contributed by atoms with E-state index in [2.05, 4.69) is 5.32 Å². The van der Waals surface area contributed by atoms with Crippen molar-refractivity contribution in [3.8, 4) is 0 Å². The molecular weight excluding hydrogens is 264 g/mol. The fraction of sp³-hybridized carbons (Fsp3) is 0.500. The summed E-state index contributed by atoms with van der Waals surface area (Å²) in [5, 5.41) is 3.79. The van der Waals surface area contributed by atoms with E-state index in [1.807, 2.05) is 0 Å². The molecule has 17 heavy (non-hydrogen) atoms. The summed E-state index contributed by atoms with van der Waals surface area (Å²) in [5.74, 6) is 0.0347. The highest BCUT2D eigenvalue weighted by molar-refractivity contribution is 6.39. The Hall–Kier alpha value is -0.510. The number of benzene rings is 1. The van der Waals surface area contributed by atoms with Gasteiger partial charge in [0.25, 0.3) is 0 Å². The SMILES string of the molecule is Fc1cc(Cl)c(NCC2CCCOC2)c(Cl)c1. The van der Waals surface area contributed by atoms with Crippen LogP contribution in [0.1, 0.15) is 12.8 Å². The van der Waals surface area contributed by atoms with E-state index in [1.54, 1.807) is 0 Å². The van der Waals surface area contributed by atoms with Crippen LogP contribution < -0.4 is 5.32 Å². The highest BCUT2D eigenvalue weighted by Crippen LogP contribution is 2.31. The zero-order chi connectivity index (χ0) is 12.3. The number of hydrogen-bond donors (Lipinski definition) is 1. The minimum Gasteiger partial charge on any atom is -0.382 e. The predicted octanol–water partition coefficient (Wildman–Crippen LogP) is 3.97. The van der Waals surface area contributed by atoms with Crippen LogP contribution in [0.4, 0.5) is 10.1 Å². The van der Waals surface area contributed by atoms with Gasteiger partial charge in [-0.3, -0.25) is 0 Å². The summed E-state index contributed by atoms with van der Waals surface area (Å²) < 4.78 is 18.4. The standard InChI is InChI=1S/C12H14Cl2FNO/c13-10-4-9(15)5-11(14)12(10)16-6-8-2-1-3-17-7-8/h4-5,8,16H,1-3,6-7H2. The first-order valence-electron chi connectivity index (χ1n) is 5.63. The Kier molecular flexibility index (Phi) is 4.48. The van der Waals surface area contributed by atoms with Crippen LogP contribution in [-0.2, 0) is 4.74 Å². The minimum atomic E-state index is -0.424. The van der Waals surface area contributed by atoms with E-state index in [0.29, 0.717) is 21.7 Å². The molecular formula is C12H14Cl2FNO. The third-order valence-electron chi connectivity index (χ3n) is 2.83. The molecule has 0 amide bonds. The van der Waals surface area contributed by atoms with Crippen molar-refractivity contribution in [2.45, 2.75) is 12.8 Å². The fourth-order valence-electron chi connectivity index (χ4n) is 1.93. The lowest BCUT2D eigenvalue weighted by atomic mass is 10.0. The van der Waals surface area contributed by atoms with Gasteiger partial charge in [0.1, 0.15) is 5.82 Å². The van der Waals surface area contributed by atoms with Crippen LogP contribution in [0, 0.1) is 11.7 Å². The summed E-state index contributed by atoms with van der Waals surface area (Å²) >= 11 is 11.9. The molecule has 0 radical (unpaired) electrons. The molecule has 1 saturated heterocycles. The molecule has 1 heterocycles. The fourth-order valence-corrected chi connectivity index (χ4v) is 2.52. The van der Waals surface area contributed by atoms with E-state index < -0.39 is 5.82 Å².